The van der Waals surface area contributed by atoms with E-state index >= 15 is 0 Å². The normalized spacial score (nSPS) is 14.7. The van der Waals surface area contributed by atoms with Crippen molar-refractivity contribution in [1.29, 1.82) is 0 Å². The monoisotopic (exact) mass is 286 g/mol. The average molecular weight is 286 g/mol. The number of nitrogens with two attached hydrogens (primary N) is 1. The molecule has 1 heterocycles. The first-order chi connectivity index (χ1) is 8.69. The lowest BCUT2D eigenvalue weighted by Crippen LogP contribution is -2.45. The Bertz CT molecular complexity index is 590. The van der Waals surface area contributed by atoms with Gasteiger partial charge in [0.2, 0.25) is 16.8 Å². The van der Waals surface area contributed by atoms with Gasteiger partial charge in [-0.15, -0.1) is 0 Å². The Kier molecular flexibility index (Phi) is 3.46. The molecule has 1 aromatic rings. The number of aryl methyl sites for hydroxylation is 1. The van der Waals surface area contributed by atoms with Crippen LogP contribution in [0.2, 0.25) is 0 Å². The van der Waals surface area contributed by atoms with Crippen LogP contribution >= 0.6 is 0 Å². The van der Waals surface area contributed by atoms with E-state index in [0.717, 1.165) is 0 Å². The van der Waals surface area contributed by atoms with Crippen molar-refractivity contribution in [1.82, 2.24) is 4.72 Å². The maximum atomic E-state index is 12.2. The van der Waals surface area contributed by atoms with Gasteiger partial charge < -0.3 is 15.2 Å². The SMILES string of the molecule is Cc1cc2c(cc1S(=O)(=O)NCC(C)(C)N)OCO2. The van der Waals surface area contributed by atoms with Gasteiger partial charge in [0.1, 0.15) is 0 Å². The van der Waals surface area contributed by atoms with Gasteiger partial charge in [-0.25, -0.2) is 13.1 Å². The second-order valence-corrected chi connectivity index (χ2v) is 7.02. The largest absolute Gasteiger partial charge is 0.454 e. The van der Waals surface area contributed by atoms with Crippen LogP contribution in [0, 0.1) is 6.92 Å². The molecular weight excluding hydrogens is 268 g/mol. The van der Waals surface area contributed by atoms with Crippen LogP contribution in [0.4, 0.5) is 0 Å². The number of rotatable bonds is 4. The summed E-state index contributed by atoms with van der Waals surface area (Å²) in [5.41, 5.74) is 5.77. The third-order valence-corrected chi connectivity index (χ3v) is 4.22. The van der Waals surface area contributed by atoms with Gasteiger partial charge in [0, 0.05) is 18.2 Å². The second-order valence-electron chi connectivity index (χ2n) is 5.28. The number of nitrogens with one attached hydrogen (secondary N) is 1. The zero-order valence-corrected chi connectivity index (χ0v) is 12.0. The molecule has 7 heteroatoms. The number of fused-ring (bicyclic) bond motifs is 1. The number of ether oxygens (including phenoxy) is 2. The average Bonchev–Trinajstić information content (AvgIpc) is 2.71. The molecule has 6 nitrogen and oxygen atoms in total. The fourth-order valence-electron chi connectivity index (χ4n) is 1.67. The maximum Gasteiger partial charge on any atom is 0.241 e. The summed E-state index contributed by atoms with van der Waals surface area (Å²) in [6, 6.07) is 3.13. The van der Waals surface area contributed by atoms with Gasteiger partial charge >= 0.3 is 0 Å². The first-order valence-corrected chi connectivity index (χ1v) is 7.36. The summed E-state index contributed by atoms with van der Waals surface area (Å²) in [6.07, 6.45) is 0. The van der Waals surface area contributed by atoms with E-state index in [-0.39, 0.29) is 18.2 Å². The molecule has 0 atom stereocenters. The molecule has 1 aliphatic heterocycles. The first-order valence-electron chi connectivity index (χ1n) is 5.88. The van der Waals surface area contributed by atoms with Crippen molar-refractivity contribution in [2.24, 2.45) is 5.73 Å². The number of hydrogen-bond acceptors (Lipinski definition) is 5. The third-order valence-electron chi connectivity index (χ3n) is 2.68. The van der Waals surface area contributed by atoms with Gasteiger partial charge in [-0.05, 0) is 32.4 Å². The van der Waals surface area contributed by atoms with Crippen LogP contribution in [0.5, 0.6) is 11.5 Å². The highest BCUT2D eigenvalue weighted by atomic mass is 32.2. The summed E-state index contributed by atoms with van der Waals surface area (Å²) in [7, 11) is -3.61. The molecule has 0 fully saturated rings. The summed E-state index contributed by atoms with van der Waals surface area (Å²) in [5.74, 6) is 1.01. The van der Waals surface area contributed by atoms with Crippen LogP contribution in [0.15, 0.2) is 17.0 Å². The zero-order valence-electron chi connectivity index (χ0n) is 11.2. The molecule has 0 saturated heterocycles. The molecule has 0 aromatic heterocycles. The van der Waals surface area contributed by atoms with Gasteiger partial charge in [-0.3, -0.25) is 0 Å². The van der Waals surface area contributed by atoms with Crippen LogP contribution in [-0.4, -0.2) is 27.3 Å². The minimum absolute atomic E-state index is 0.113. The van der Waals surface area contributed by atoms with Gasteiger partial charge in [0.05, 0.1) is 4.90 Å². The minimum atomic E-state index is -3.61. The highest BCUT2D eigenvalue weighted by Gasteiger charge is 2.24. The van der Waals surface area contributed by atoms with E-state index < -0.39 is 15.6 Å². The molecule has 0 unspecified atom stereocenters. The fourth-order valence-corrected chi connectivity index (χ4v) is 3.14. The maximum absolute atomic E-state index is 12.2. The van der Waals surface area contributed by atoms with E-state index in [9.17, 15) is 8.42 Å². The molecule has 106 valence electrons. The summed E-state index contributed by atoms with van der Waals surface area (Å²) in [6.45, 7) is 5.49. The molecule has 1 aromatic carbocycles. The molecule has 0 radical (unpaired) electrons. The molecule has 3 N–H and O–H groups in total. The van der Waals surface area contributed by atoms with Crippen molar-refractivity contribution < 1.29 is 17.9 Å². The minimum Gasteiger partial charge on any atom is -0.454 e. The fraction of sp³-hybridized carbons (Fsp3) is 0.500. The smallest absolute Gasteiger partial charge is 0.241 e. The van der Waals surface area contributed by atoms with E-state index in [4.69, 9.17) is 15.2 Å². The van der Waals surface area contributed by atoms with E-state index in [2.05, 4.69) is 4.72 Å². The van der Waals surface area contributed by atoms with E-state index in [1.807, 2.05) is 0 Å². The predicted molar refractivity (Wildman–Crippen MR) is 70.8 cm³/mol. The number of benzene rings is 1. The van der Waals surface area contributed by atoms with Crippen molar-refractivity contribution in [2.45, 2.75) is 31.2 Å². The number of hydrogen-bond donors (Lipinski definition) is 2. The highest BCUT2D eigenvalue weighted by Crippen LogP contribution is 2.36. The third kappa shape index (κ3) is 3.17. The van der Waals surface area contributed by atoms with Gasteiger partial charge in [0.25, 0.3) is 0 Å². The molecule has 1 aliphatic rings. The van der Waals surface area contributed by atoms with Gasteiger partial charge in [-0.1, -0.05) is 0 Å². The van der Waals surface area contributed by atoms with Crippen LogP contribution < -0.4 is 19.9 Å². The van der Waals surface area contributed by atoms with Crippen molar-refractivity contribution in [3.63, 3.8) is 0 Å². The standard InChI is InChI=1S/C12H18N2O4S/c1-8-4-9-10(18-7-17-9)5-11(8)19(15,16)14-6-12(2,3)13/h4-5,14H,6-7,13H2,1-3H3. The van der Waals surface area contributed by atoms with Crippen LogP contribution in [-0.2, 0) is 10.0 Å². The van der Waals surface area contributed by atoms with E-state index in [1.54, 1.807) is 26.8 Å². The Labute approximate surface area is 112 Å². The topological polar surface area (TPSA) is 90.7 Å². The Hall–Kier alpha value is -1.31. The van der Waals surface area contributed by atoms with E-state index in [0.29, 0.717) is 17.1 Å². The van der Waals surface area contributed by atoms with Gasteiger partial charge in [0.15, 0.2) is 11.5 Å². The Balaban J connectivity index is 2.31. The molecule has 0 amide bonds. The summed E-state index contributed by atoms with van der Waals surface area (Å²) >= 11 is 0. The summed E-state index contributed by atoms with van der Waals surface area (Å²) < 4.78 is 37.4. The Morgan fingerprint density at radius 2 is 1.89 bits per heavy atom. The Morgan fingerprint density at radius 3 is 2.47 bits per heavy atom. The lowest BCUT2D eigenvalue weighted by atomic mass is 10.1. The van der Waals surface area contributed by atoms with Crippen molar-refractivity contribution >= 4 is 10.0 Å². The van der Waals surface area contributed by atoms with Crippen LogP contribution in [0.3, 0.4) is 0 Å². The van der Waals surface area contributed by atoms with E-state index in [1.165, 1.54) is 6.07 Å². The van der Waals surface area contributed by atoms with Crippen molar-refractivity contribution in [2.75, 3.05) is 13.3 Å². The zero-order chi connectivity index (χ0) is 14.3. The van der Waals surface area contributed by atoms with Crippen LogP contribution in [0.1, 0.15) is 19.4 Å². The summed E-state index contributed by atoms with van der Waals surface area (Å²) in [4.78, 5) is 0.181. The predicted octanol–water partition coefficient (Wildman–Crippen LogP) is 0.739. The first kappa shape index (κ1) is 14.1. The Morgan fingerprint density at radius 1 is 1.32 bits per heavy atom. The molecule has 19 heavy (non-hydrogen) atoms. The van der Waals surface area contributed by atoms with Crippen molar-refractivity contribution in [3.8, 4) is 11.5 Å². The lowest BCUT2D eigenvalue weighted by Gasteiger charge is -2.19. The summed E-state index contributed by atoms with van der Waals surface area (Å²) in [5, 5.41) is 0. The second kappa shape index (κ2) is 4.66. The molecular formula is C12H18N2O4S. The van der Waals surface area contributed by atoms with Crippen LogP contribution in [0.25, 0.3) is 0 Å². The quantitative estimate of drug-likeness (QED) is 0.852. The molecule has 0 aliphatic carbocycles. The molecule has 0 spiro atoms. The highest BCUT2D eigenvalue weighted by molar-refractivity contribution is 7.89. The number of sulfonamides is 1. The van der Waals surface area contributed by atoms with Gasteiger partial charge in [-0.2, -0.15) is 0 Å². The lowest BCUT2D eigenvalue weighted by molar-refractivity contribution is 0.174. The molecule has 0 bridgehead atoms. The van der Waals surface area contributed by atoms with Crippen molar-refractivity contribution in [3.05, 3.63) is 17.7 Å². The molecule has 0 saturated carbocycles. The molecule has 2 rings (SSSR count).